The molecule has 0 aliphatic heterocycles. The number of hydrogen-bond donors (Lipinski definition) is 1. The summed E-state index contributed by atoms with van der Waals surface area (Å²) < 4.78 is 6.42. The highest BCUT2D eigenvalue weighted by molar-refractivity contribution is 9.11. The molecule has 4 nitrogen and oxygen atoms in total. The summed E-state index contributed by atoms with van der Waals surface area (Å²) in [5.41, 5.74) is 1.38. The molecule has 0 bridgehead atoms. The van der Waals surface area contributed by atoms with Crippen LogP contribution in [0.2, 0.25) is 0 Å². The molecule has 0 aliphatic carbocycles. The molecule has 27 heavy (non-hydrogen) atoms. The molecule has 136 valence electrons. The lowest BCUT2D eigenvalue weighted by atomic mass is 10.0. The first-order valence-electron chi connectivity index (χ1n) is 7.99. The number of aliphatic carboxylic acids is 1. The number of hydrogen-bond acceptors (Lipinski definition) is 3. The highest BCUT2D eigenvalue weighted by Crippen LogP contribution is 2.35. The maximum atomic E-state index is 12.5. The lowest BCUT2D eigenvalue weighted by Crippen LogP contribution is -2.10. The number of fused-ring (bicyclic) bond motifs is 1. The van der Waals surface area contributed by atoms with E-state index in [9.17, 15) is 9.59 Å². The molecule has 0 saturated carbocycles. The maximum absolute atomic E-state index is 12.5. The zero-order valence-corrected chi connectivity index (χ0v) is 17.2. The zero-order valence-electron chi connectivity index (χ0n) is 14.0. The molecule has 0 saturated heterocycles. The molecule has 6 heteroatoms. The van der Waals surface area contributed by atoms with Gasteiger partial charge in [-0.15, -0.1) is 0 Å². The third-order valence-electron chi connectivity index (χ3n) is 3.82. The number of halogens is 2. The Morgan fingerprint density at radius 3 is 2.30 bits per heavy atom. The molecule has 0 unspecified atom stereocenters. The largest absolute Gasteiger partial charge is 0.480 e. The first-order valence-corrected chi connectivity index (χ1v) is 9.57. The van der Waals surface area contributed by atoms with E-state index in [-0.39, 0.29) is 5.78 Å². The summed E-state index contributed by atoms with van der Waals surface area (Å²) in [6.45, 7) is -0.438. The smallest absolute Gasteiger partial charge is 0.341 e. The first kappa shape index (κ1) is 19.3. The van der Waals surface area contributed by atoms with Gasteiger partial charge in [-0.1, -0.05) is 42.5 Å². The number of carbonyl (C=O) groups is 2. The van der Waals surface area contributed by atoms with Crippen LogP contribution < -0.4 is 4.74 Å². The Kier molecular flexibility index (Phi) is 6.08. The summed E-state index contributed by atoms with van der Waals surface area (Å²) in [5, 5.41) is 10.8. The molecule has 0 aliphatic rings. The van der Waals surface area contributed by atoms with Gasteiger partial charge in [0.1, 0.15) is 5.75 Å². The quantitative estimate of drug-likeness (QED) is 0.355. The maximum Gasteiger partial charge on any atom is 0.341 e. The van der Waals surface area contributed by atoms with E-state index < -0.39 is 12.6 Å². The van der Waals surface area contributed by atoms with Crippen LogP contribution >= 0.6 is 31.9 Å². The van der Waals surface area contributed by atoms with E-state index in [0.717, 1.165) is 16.3 Å². The highest BCUT2D eigenvalue weighted by Gasteiger charge is 2.10. The summed E-state index contributed by atoms with van der Waals surface area (Å²) in [5.74, 6) is -0.756. The summed E-state index contributed by atoms with van der Waals surface area (Å²) in [4.78, 5) is 23.1. The number of rotatable bonds is 6. The minimum Gasteiger partial charge on any atom is -0.480 e. The van der Waals surface area contributed by atoms with Gasteiger partial charge in [-0.25, -0.2) is 4.79 Å². The van der Waals surface area contributed by atoms with E-state index >= 15 is 0 Å². The predicted octanol–water partition coefficient (Wildman–Crippen LogP) is 5.72. The van der Waals surface area contributed by atoms with Crippen molar-refractivity contribution in [1.82, 2.24) is 0 Å². The number of carboxylic acid groups (broad SMARTS) is 1. The monoisotopic (exact) mass is 488 g/mol. The molecule has 3 aromatic carbocycles. The predicted molar refractivity (Wildman–Crippen MR) is 112 cm³/mol. The molecule has 0 heterocycles. The fraction of sp³-hybridized carbons (Fsp3) is 0.0476. The molecule has 0 aromatic heterocycles. The molecule has 3 rings (SSSR count). The van der Waals surface area contributed by atoms with Crippen molar-refractivity contribution in [2.75, 3.05) is 6.61 Å². The van der Waals surface area contributed by atoms with Crippen LogP contribution in [0.4, 0.5) is 0 Å². The molecule has 1 N–H and O–H groups in total. The van der Waals surface area contributed by atoms with Gasteiger partial charge in [-0.2, -0.15) is 0 Å². The Hall–Kier alpha value is -2.44. The van der Waals surface area contributed by atoms with Gasteiger partial charge in [0.25, 0.3) is 0 Å². The molecule has 0 atom stereocenters. The summed E-state index contributed by atoms with van der Waals surface area (Å²) in [6, 6.07) is 17.0. The Bertz CT molecular complexity index is 1030. The van der Waals surface area contributed by atoms with E-state index in [0.29, 0.717) is 20.3 Å². The van der Waals surface area contributed by atoms with E-state index in [1.165, 1.54) is 6.08 Å². The number of carbonyl (C=O) groups excluding carboxylic acids is 1. The Labute approximate surface area is 172 Å². The van der Waals surface area contributed by atoms with Crippen molar-refractivity contribution in [1.29, 1.82) is 0 Å². The second-order valence-corrected chi connectivity index (χ2v) is 7.46. The van der Waals surface area contributed by atoms with Gasteiger partial charge in [-0.3, -0.25) is 4.79 Å². The fourth-order valence-electron chi connectivity index (χ4n) is 2.56. The lowest BCUT2D eigenvalue weighted by Gasteiger charge is -2.09. The molecule has 0 radical (unpaired) electrons. The summed E-state index contributed by atoms with van der Waals surface area (Å²) >= 11 is 6.72. The third-order valence-corrected chi connectivity index (χ3v) is 5.00. The van der Waals surface area contributed by atoms with Gasteiger partial charge in [0.15, 0.2) is 12.4 Å². The van der Waals surface area contributed by atoms with E-state index in [1.54, 1.807) is 18.2 Å². The van der Waals surface area contributed by atoms with Crippen molar-refractivity contribution < 1.29 is 19.4 Å². The average Bonchev–Trinajstić information content (AvgIpc) is 2.64. The molecule has 0 fully saturated rings. The van der Waals surface area contributed by atoms with Gasteiger partial charge < -0.3 is 9.84 Å². The van der Waals surface area contributed by atoms with Gasteiger partial charge in [-0.05, 0) is 72.5 Å². The van der Waals surface area contributed by atoms with Crippen LogP contribution in [0.3, 0.4) is 0 Å². The van der Waals surface area contributed by atoms with E-state index in [1.807, 2.05) is 42.5 Å². The number of ketones is 1. The normalized spacial score (nSPS) is 11.0. The van der Waals surface area contributed by atoms with Crippen molar-refractivity contribution in [3.63, 3.8) is 0 Å². The molecular weight excluding hydrogens is 476 g/mol. The SMILES string of the molecule is O=C(O)COc1c(Br)cc(/C=C/C(=O)c2ccc3ccccc3c2)cc1Br. The number of carboxylic acids is 1. The second-order valence-electron chi connectivity index (χ2n) is 5.76. The summed E-state index contributed by atoms with van der Waals surface area (Å²) in [6.07, 6.45) is 3.21. The van der Waals surface area contributed by atoms with E-state index in [4.69, 9.17) is 9.84 Å². The van der Waals surface area contributed by atoms with Crippen LogP contribution in [0.15, 0.2) is 69.6 Å². The topological polar surface area (TPSA) is 63.6 Å². The van der Waals surface area contributed by atoms with Gasteiger partial charge in [0.2, 0.25) is 0 Å². The van der Waals surface area contributed by atoms with E-state index in [2.05, 4.69) is 31.9 Å². The van der Waals surface area contributed by atoms with Crippen LogP contribution in [0.25, 0.3) is 16.8 Å². The van der Waals surface area contributed by atoms with Gasteiger partial charge >= 0.3 is 5.97 Å². The van der Waals surface area contributed by atoms with Crippen LogP contribution in [0.5, 0.6) is 5.75 Å². The molecule has 0 spiro atoms. The Morgan fingerprint density at radius 1 is 0.963 bits per heavy atom. The summed E-state index contributed by atoms with van der Waals surface area (Å²) in [7, 11) is 0. The standard InChI is InChI=1S/C21H14Br2O4/c22-17-9-13(10-18(23)21(17)27-12-20(25)26)5-8-19(24)16-7-6-14-3-1-2-4-15(14)11-16/h1-11H,12H2,(H,25,26)/b8-5+. The van der Waals surface area contributed by atoms with Crippen molar-refractivity contribution in [3.8, 4) is 5.75 Å². The Morgan fingerprint density at radius 2 is 1.63 bits per heavy atom. The Balaban J connectivity index is 1.80. The van der Waals surface area contributed by atoms with Crippen molar-refractivity contribution >= 4 is 60.5 Å². The molecule has 0 amide bonds. The van der Waals surface area contributed by atoms with Crippen molar-refractivity contribution in [2.24, 2.45) is 0 Å². The van der Waals surface area contributed by atoms with Crippen LogP contribution in [0.1, 0.15) is 15.9 Å². The van der Waals surface area contributed by atoms with Gasteiger partial charge in [0.05, 0.1) is 8.95 Å². The fourth-order valence-corrected chi connectivity index (χ4v) is 4.01. The average molecular weight is 490 g/mol. The third kappa shape index (κ3) is 4.84. The number of ether oxygens (including phenoxy) is 1. The molecular formula is C21H14Br2O4. The van der Waals surface area contributed by atoms with Crippen LogP contribution in [-0.2, 0) is 4.79 Å². The van der Waals surface area contributed by atoms with Crippen molar-refractivity contribution in [3.05, 3.63) is 80.7 Å². The number of benzene rings is 3. The second kappa shape index (κ2) is 8.50. The minimum atomic E-state index is -1.06. The minimum absolute atomic E-state index is 0.0980. The number of allylic oxidation sites excluding steroid dienone is 1. The van der Waals surface area contributed by atoms with Crippen LogP contribution in [-0.4, -0.2) is 23.5 Å². The first-order chi connectivity index (χ1) is 12.9. The van der Waals surface area contributed by atoms with Gasteiger partial charge in [0, 0.05) is 5.56 Å². The lowest BCUT2D eigenvalue weighted by molar-refractivity contribution is -0.139. The zero-order chi connectivity index (χ0) is 19.4. The molecule has 3 aromatic rings. The van der Waals surface area contributed by atoms with Crippen LogP contribution in [0, 0.1) is 0 Å². The highest BCUT2D eigenvalue weighted by atomic mass is 79.9. The van der Waals surface area contributed by atoms with Crippen molar-refractivity contribution in [2.45, 2.75) is 0 Å².